The predicted octanol–water partition coefficient (Wildman–Crippen LogP) is 4.62. The van der Waals surface area contributed by atoms with Crippen molar-refractivity contribution in [2.75, 3.05) is 26.2 Å². The third kappa shape index (κ3) is 3.78. The first-order valence-corrected chi connectivity index (χ1v) is 10.0. The summed E-state index contributed by atoms with van der Waals surface area (Å²) in [6.07, 6.45) is 0. The van der Waals surface area contributed by atoms with E-state index in [0.717, 1.165) is 43.7 Å². The van der Waals surface area contributed by atoms with Crippen LogP contribution in [-0.2, 0) is 6.54 Å². The highest BCUT2D eigenvalue weighted by Crippen LogP contribution is 2.24. The fraction of sp³-hybridized carbons (Fsp3) is 0.250. The van der Waals surface area contributed by atoms with E-state index in [1.165, 1.54) is 14.0 Å². The summed E-state index contributed by atoms with van der Waals surface area (Å²) in [7, 11) is 0. The van der Waals surface area contributed by atoms with Gasteiger partial charge in [-0.3, -0.25) is 9.69 Å². The maximum absolute atomic E-state index is 12.8. The molecule has 4 rings (SSSR count). The summed E-state index contributed by atoms with van der Waals surface area (Å²) < 4.78 is 1.17. The minimum Gasteiger partial charge on any atom is -0.336 e. The second-order valence-electron chi connectivity index (χ2n) is 6.34. The zero-order chi connectivity index (χ0) is 17.2. The minimum atomic E-state index is 0.143. The molecule has 3 nitrogen and oxygen atoms in total. The van der Waals surface area contributed by atoms with Crippen molar-refractivity contribution in [1.82, 2.24) is 9.80 Å². The standard InChI is InChI=1S/C20H19BrN2OS/c21-19-8-7-18(25-19)14-22-9-11-23(12-10-22)20(24)17-6-5-15-3-1-2-4-16(15)13-17/h1-8,13H,9-12,14H2. The first-order valence-electron chi connectivity index (χ1n) is 8.44. The Balaban J connectivity index is 1.40. The van der Waals surface area contributed by atoms with Gasteiger partial charge < -0.3 is 4.90 Å². The zero-order valence-corrected chi connectivity index (χ0v) is 16.2. The highest BCUT2D eigenvalue weighted by molar-refractivity contribution is 9.11. The Labute approximate surface area is 160 Å². The van der Waals surface area contributed by atoms with Crippen LogP contribution in [0.4, 0.5) is 0 Å². The van der Waals surface area contributed by atoms with Crippen LogP contribution in [0.3, 0.4) is 0 Å². The molecule has 1 aromatic heterocycles. The average molecular weight is 415 g/mol. The second-order valence-corrected chi connectivity index (χ2v) is 8.88. The van der Waals surface area contributed by atoms with Crippen LogP contribution >= 0.6 is 27.3 Å². The van der Waals surface area contributed by atoms with E-state index in [4.69, 9.17) is 0 Å². The maximum Gasteiger partial charge on any atom is 0.253 e. The fourth-order valence-electron chi connectivity index (χ4n) is 3.27. The van der Waals surface area contributed by atoms with E-state index in [9.17, 15) is 4.79 Å². The number of fused-ring (bicyclic) bond motifs is 1. The number of carbonyl (C=O) groups excluding carboxylic acids is 1. The number of amides is 1. The van der Waals surface area contributed by atoms with Gasteiger partial charge in [-0.05, 0) is 51.0 Å². The molecule has 0 saturated carbocycles. The molecule has 5 heteroatoms. The largest absolute Gasteiger partial charge is 0.336 e. The normalized spacial score (nSPS) is 15.6. The lowest BCUT2D eigenvalue weighted by Gasteiger charge is -2.34. The Morgan fingerprint density at radius 1 is 0.960 bits per heavy atom. The van der Waals surface area contributed by atoms with Crippen LogP contribution in [0.2, 0.25) is 0 Å². The molecule has 128 valence electrons. The first-order chi connectivity index (χ1) is 12.2. The molecule has 0 radical (unpaired) electrons. The van der Waals surface area contributed by atoms with Crippen LogP contribution in [0, 0.1) is 0 Å². The van der Waals surface area contributed by atoms with Crippen molar-refractivity contribution in [1.29, 1.82) is 0 Å². The van der Waals surface area contributed by atoms with Gasteiger partial charge in [-0.15, -0.1) is 11.3 Å². The van der Waals surface area contributed by atoms with Crippen molar-refractivity contribution in [3.63, 3.8) is 0 Å². The molecular formula is C20H19BrN2OS. The van der Waals surface area contributed by atoms with Crippen molar-refractivity contribution < 1.29 is 4.79 Å². The molecule has 0 aliphatic carbocycles. The molecule has 1 saturated heterocycles. The third-order valence-electron chi connectivity index (χ3n) is 4.66. The summed E-state index contributed by atoms with van der Waals surface area (Å²) in [5.74, 6) is 0.143. The van der Waals surface area contributed by atoms with E-state index in [1.54, 1.807) is 11.3 Å². The Hall–Kier alpha value is -1.69. The number of thiophene rings is 1. The Bertz CT molecular complexity index is 899. The van der Waals surface area contributed by atoms with Gasteiger partial charge in [-0.2, -0.15) is 0 Å². The van der Waals surface area contributed by atoms with Gasteiger partial charge in [0.15, 0.2) is 0 Å². The number of nitrogens with zero attached hydrogens (tertiary/aromatic N) is 2. The third-order valence-corrected chi connectivity index (χ3v) is 6.27. The van der Waals surface area contributed by atoms with Gasteiger partial charge in [0, 0.05) is 43.2 Å². The summed E-state index contributed by atoms with van der Waals surface area (Å²) >= 11 is 5.30. The van der Waals surface area contributed by atoms with Gasteiger partial charge in [0.25, 0.3) is 5.91 Å². The van der Waals surface area contributed by atoms with Gasteiger partial charge in [-0.25, -0.2) is 0 Å². The van der Waals surface area contributed by atoms with Crippen LogP contribution in [0.25, 0.3) is 10.8 Å². The molecule has 2 aromatic carbocycles. The first kappa shape index (κ1) is 16.8. The smallest absolute Gasteiger partial charge is 0.253 e. The van der Waals surface area contributed by atoms with E-state index in [1.807, 2.05) is 35.2 Å². The summed E-state index contributed by atoms with van der Waals surface area (Å²) in [5, 5.41) is 2.29. The molecule has 0 spiro atoms. The molecule has 0 N–H and O–H groups in total. The van der Waals surface area contributed by atoms with Crippen molar-refractivity contribution >= 4 is 43.9 Å². The molecule has 1 aliphatic heterocycles. The lowest BCUT2D eigenvalue weighted by molar-refractivity contribution is 0.0630. The molecule has 0 bridgehead atoms. The zero-order valence-electron chi connectivity index (χ0n) is 13.8. The maximum atomic E-state index is 12.8. The number of carbonyl (C=O) groups is 1. The van der Waals surface area contributed by atoms with Crippen molar-refractivity contribution in [2.24, 2.45) is 0 Å². The molecule has 1 aliphatic rings. The molecule has 0 atom stereocenters. The van der Waals surface area contributed by atoms with Crippen LogP contribution in [0.1, 0.15) is 15.2 Å². The SMILES string of the molecule is O=C(c1ccc2ccccc2c1)N1CCN(Cc2ccc(Br)s2)CC1. The van der Waals surface area contributed by atoms with E-state index < -0.39 is 0 Å². The Morgan fingerprint density at radius 3 is 2.44 bits per heavy atom. The number of rotatable bonds is 3. The van der Waals surface area contributed by atoms with E-state index in [2.05, 4.69) is 45.1 Å². The quantitative estimate of drug-likeness (QED) is 0.623. The summed E-state index contributed by atoms with van der Waals surface area (Å²) in [6, 6.07) is 18.4. The summed E-state index contributed by atoms with van der Waals surface area (Å²) in [4.78, 5) is 18.6. The monoisotopic (exact) mass is 414 g/mol. The lowest BCUT2D eigenvalue weighted by Crippen LogP contribution is -2.48. The van der Waals surface area contributed by atoms with Gasteiger partial charge in [0.1, 0.15) is 0 Å². The fourth-order valence-corrected chi connectivity index (χ4v) is 4.80. The Kier molecular flexibility index (Phi) is 4.88. The highest BCUT2D eigenvalue weighted by Gasteiger charge is 2.22. The minimum absolute atomic E-state index is 0.143. The van der Waals surface area contributed by atoms with Crippen molar-refractivity contribution in [2.45, 2.75) is 6.54 Å². The van der Waals surface area contributed by atoms with Gasteiger partial charge in [-0.1, -0.05) is 30.3 Å². The van der Waals surface area contributed by atoms with Crippen LogP contribution in [-0.4, -0.2) is 41.9 Å². The summed E-state index contributed by atoms with van der Waals surface area (Å²) in [6.45, 7) is 4.40. The molecule has 0 unspecified atom stereocenters. The Morgan fingerprint density at radius 2 is 1.72 bits per heavy atom. The molecule has 1 amide bonds. The van der Waals surface area contributed by atoms with Crippen LogP contribution in [0.5, 0.6) is 0 Å². The predicted molar refractivity (Wildman–Crippen MR) is 107 cm³/mol. The molecule has 2 heterocycles. The number of hydrogen-bond donors (Lipinski definition) is 0. The summed E-state index contributed by atoms with van der Waals surface area (Å²) in [5.41, 5.74) is 0.786. The lowest BCUT2D eigenvalue weighted by atomic mass is 10.1. The molecule has 25 heavy (non-hydrogen) atoms. The van der Waals surface area contributed by atoms with Crippen molar-refractivity contribution in [3.05, 3.63) is 68.8 Å². The van der Waals surface area contributed by atoms with Crippen LogP contribution in [0.15, 0.2) is 58.4 Å². The van der Waals surface area contributed by atoms with E-state index in [0.29, 0.717) is 0 Å². The second kappa shape index (κ2) is 7.28. The number of benzene rings is 2. The average Bonchev–Trinajstić information content (AvgIpc) is 3.06. The highest BCUT2D eigenvalue weighted by atomic mass is 79.9. The number of hydrogen-bond acceptors (Lipinski definition) is 3. The number of piperazine rings is 1. The van der Waals surface area contributed by atoms with E-state index in [-0.39, 0.29) is 5.91 Å². The van der Waals surface area contributed by atoms with Gasteiger partial charge >= 0.3 is 0 Å². The van der Waals surface area contributed by atoms with Gasteiger partial charge in [0.05, 0.1) is 3.79 Å². The molecule has 1 fully saturated rings. The topological polar surface area (TPSA) is 23.6 Å². The van der Waals surface area contributed by atoms with E-state index >= 15 is 0 Å². The van der Waals surface area contributed by atoms with Crippen LogP contribution < -0.4 is 0 Å². The van der Waals surface area contributed by atoms with Gasteiger partial charge in [0.2, 0.25) is 0 Å². The number of halogens is 1. The molecular weight excluding hydrogens is 396 g/mol. The van der Waals surface area contributed by atoms with Crippen molar-refractivity contribution in [3.8, 4) is 0 Å². The molecule has 3 aromatic rings.